The lowest BCUT2D eigenvalue weighted by Gasteiger charge is -2.24. The van der Waals surface area contributed by atoms with Crippen LogP contribution in [0.1, 0.15) is 34.6 Å². The van der Waals surface area contributed by atoms with Gasteiger partial charge in [-0.15, -0.1) is 0 Å². The maximum Gasteiger partial charge on any atom is 0.327 e. The highest BCUT2D eigenvalue weighted by Crippen LogP contribution is 1.99. The summed E-state index contributed by atoms with van der Waals surface area (Å²) < 4.78 is 0. The Morgan fingerprint density at radius 2 is 1.74 bits per heavy atom. The molecular weight excluding hydrogens is 250 g/mol. The summed E-state index contributed by atoms with van der Waals surface area (Å²) in [6.45, 7) is 8.42. The minimum atomic E-state index is -1.15. The van der Waals surface area contributed by atoms with E-state index >= 15 is 0 Å². The summed E-state index contributed by atoms with van der Waals surface area (Å²) in [5.41, 5.74) is -0.350. The largest absolute Gasteiger partial charge is 0.480 e. The third kappa shape index (κ3) is 8.15. The SMILES string of the molecule is CC(=O)NC(CNC(C)C(=O)NC(C)(C)C)C(=O)O. The van der Waals surface area contributed by atoms with Crippen LogP contribution in [0, 0.1) is 0 Å². The van der Waals surface area contributed by atoms with Crippen LogP contribution in [0.2, 0.25) is 0 Å². The van der Waals surface area contributed by atoms with Gasteiger partial charge >= 0.3 is 5.97 Å². The summed E-state index contributed by atoms with van der Waals surface area (Å²) in [6, 6.07) is -1.60. The maximum absolute atomic E-state index is 11.8. The number of nitrogens with one attached hydrogen (secondary N) is 3. The van der Waals surface area contributed by atoms with Gasteiger partial charge in [0.05, 0.1) is 6.04 Å². The molecule has 2 atom stereocenters. The molecule has 0 aromatic heterocycles. The lowest BCUT2D eigenvalue weighted by Crippen LogP contribution is -2.53. The number of carbonyl (C=O) groups excluding carboxylic acids is 2. The average molecular weight is 273 g/mol. The molecule has 0 radical (unpaired) electrons. The van der Waals surface area contributed by atoms with Gasteiger partial charge in [-0.05, 0) is 27.7 Å². The second-order valence-corrected chi connectivity index (χ2v) is 5.46. The number of hydrogen-bond acceptors (Lipinski definition) is 4. The van der Waals surface area contributed by atoms with Gasteiger partial charge in [-0.3, -0.25) is 9.59 Å². The number of hydrogen-bond donors (Lipinski definition) is 4. The maximum atomic E-state index is 11.8. The highest BCUT2D eigenvalue weighted by Gasteiger charge is 2.22. The van der Waals surface area contributed by atoms with Gasteiger partial charge in [-0.2, -0.15) is 0 Å². The lowest BCUT2D eigenvalue weighted by molar-refractivity contribution is -0.141. The quantitative estimate of drug-likeness (QED) is 0.520. The Morgan fingerprint density at radius 3 is 2.11 bits per heavy atom. The van der Waals surface area contributed by atoms with Crippen molar-refractivity contribution in [1.82, 2.24) is 16.0 Å². The topological polar surface area (TPSA) is 108 Å². The Morgan fingerprint density at radius 1 is 1.21 bits per heavy atom. The molecule has 0 heterocycles. The van der Waals surface area contributed by atoms with E-state index in [2.05, 4.69) is 16.0 Å². The van der Waals surface area contributed by atoms with Crippen LogP contribution in [0.25, 0.3) is 0 Å². The molecule has 0 aromatic carbocycles. The Bertz CT molecular complexity index is 349. The zero-order valence-electron chi connectivity index (χ0n) is 12.0. The van der Waals surface area contributed by atoms with Gasteiger partial charge in [-0.1, -0.05) is 0 Å². The third-order valence-electron chi connectivity index (χ3n) is 2.20. The molecule has 0 saturated carbocycles. The monoisotopic (exact) mass is 273 g/mol. The molecule has 2 unspecified atom stereocenters. The van der Waals surface area contributed by atoms with Gasteiger partial charge in [0.2, 0.25) is 11.8 Å². The highest BCUT2D eigenvalue weighted by molar-refractivity contribution is 5.83. The average Bonchev–Trinajstić information content (AvgIpc) is 2.20. The van der Waals surface area contributed by atoms with Crippen LogP contribution in [-0.4, -0.2) is 47.1 Å². The van der Waals surface area contributed by atoms with E-state index in [0.717, 1.165) is 0 Å². The summed E-state index contributed by atoms with van der Waals surface area (Å²) in [4.78, 5) is 33.5. The van der Waals surface area contributed by atoms with E-state index in [1.54, 1.807) is 6.92 Å². The van der Waals surface area contributed by atoms with Crippen LogP contribution < -0.4 is 16.0 Å². The molecule has 0 rings (SSSR count). The van der Waals surface area contributed by atoms with Gasteiger partial charge in [0.1, 0.15) is 6.04 Å². The minimum absolute atomic E-state index is 0.0202. The summed E-state index contributed by atoms with van der Waals surface area (Å²) >= 11 is 0. The molecule has 0 aliphatic rings. The van der Waals surface area contributed by atoms with E-state index in [-0.39, 0.29) is 18.0 Å². The third-order valence-corrected chi connectivity index (χ3v) is 2.20. The van der Waals surface area contributed by atoms with Crippen LogP contribution in [0.15, 0.2) is 0 Å². The predicted molar refractivity (Wildman–Crippen MR) is 70.6 cm³/mol. The number of carboxylic acid groups (broad SMARTS) is 1. The van der Waals surface area contributed by atoms with E-state index < -0.39 is 24.0 Å². The van der Waals surface area contributed by atoms with Crippen LogP contribution in [-0.2, 0) is 14.4 Å². The first-order valence-electron chi connectivity index (χ1n) is 6.08. The fraction of sp³-hybridized carbons (Fsp3) is 0.750. The van der Waals surface area contributed by atoms with Gasteiger partial charge in [0, 0.05) is 19.0 Å². The summed E-state index contributed by atoms with van der Waals surface area (Å²) in [5, 5.41) is 16.8. The number of aliphatic carboxylic acids is 1. The van der Waals surface area contributed by atoms with Gasteiger partial charge in [0.25, 0.3) is 0 Å². The molecular formula is C12H23N3O4. The van der Waals surface area contributed by atoms with E-state index in [0.29, 0.717) is 0 Å². The van der Waals surface area contributed by atoms with Gasteiger partial charge < -0.3 is 21.1 Å². The number of amides is 2. The van der Waals surface area contributed by atoms with Crippen molar-refractivity contribution in [3.8, 4) is 0 Å². The number of carbonyl (C=O) groups is 3. The standard InChI is InChI=1S/C12H23N3O4/c1-7(10(17)15-12(3,4)5)13-6-9(11(18)19)14-8(2)16/h7,9,13H,6H2,1-5H3,(H,14,16)(H,15,17)(H,18,19). The molecule has 0 saturated heterocycles. The summed E-state index contributed by atoms with van der Waals surface area (Å²) in [5.74, 6) is -1.80. The van der Waals surface area contributed by atoms with Crippen molar-refractivity contribution in [2.75, 3.05) is 6.54 Å². The van der Waals surface area contributed by atoms with Gasteiger partial charge in [-0.25, -0.2) is 4.79 Å². The van der Waals surface area contributed by atoms with E-state index in [1.807, 2.05) is 20.8 Å². The van der Waals surface area contributed by atoms with Crippen molar-refractivity contribution in [3.05, 3.63) is 0 Å². The van der Waals surface area contributed by atoms with E-state index in [4.69, 9.17) is 5.11 Å². The van der Waals surface area contributed by atoms with Crippen molar-refractivity contribution >= 4 is 17.8 Å². The molecule has 0 fully saturated rings. The Kier molecular flexibility index (Phi) is 6.47. The number of rotatable bonds is 6. The van der Waals surface area contributed by atoms with Crippen molar-refractivity contribution in [2.45, 2.75) is 52.2 Å². The number of carboxylic acids is 1. The molecule has 7 nitrogen and oxygen atoms in total. The second kappa shape index (κ2) is 7.08. The highest BCUT2D eigenvalue weighted by atomic mass is 16.4. The van der Waals surface area contributed by atoms with Crippen LogP contribution in [0.4, 0.5) is 0 Å². The summed E-state index contributed by atoms with van der Waals surface area (Å²) in [6.07, 6.45) is 0. The Hall–Kier alpha value is -1.63. The molecule has 2 amide bonds. The molecule has 19 heavy (non-hydrogen) atoms. The van der Waals surface area contributed by atoms with Crippen molar-refractivity contribution < 1.29 is 19.5 Å². The van der Waals surface area contributed by atoms with Crippen LogP contribution in [0.3, 0.4) is 0 Å². The second-order valence-electron chi connectivity index (χ2n) is 5.46. The van der Waals surface area contributed by atoms with E-state index in [1.165, 1.54) is 6.92 Å². The first-order valence-corrected chi connectivity index (χ1v) is 6.08. The smallest absolute Gasteiger partial charge is 0.327 e. The van der Waals surface area contributed by atoms with Crippen molar-refractivity contribution in [3.63, 3.8) is 0 Å². The fourth-order valence-electron chi connectivity index (χ4n) is 1.31. The lowest BCUT2D eigenvalue weighted by atomic mass is 10.1. The Balaban J connectivity index is 4.32. The normalized spacial score (nSPS) is 14.4. The zero-order valence-corrected chi connectivity index (χ0v) is 12.0. The first kappa shape index (κ1) is 17.4. The van der Waals surface area contributed by atoms with Crippen molar-refractivity contribution in [1.29, 1.82) is 0 Å². The van der Waals surface area contributed by atoms with Gasteiger partial charge in [0.15, 0.2) is 0 Å². The first-order chi connectivity index (χ1) is 8.53. The van der Waals surface area contributed by atoms with Crippen LogP contribution >= 0.6 is 0 Å². The van der Waals surface area contributed by atoms with Crippen LogP contribution in [0.5, 0.6) is 0 Å². The molecule has 110 valence electrons. The fourth-order valence-corrected chi connectivity index (χ4v) is 1.31. The summed E-state index contributed by atoms with van der Waals surface area (Å²) in [7, 11) is 0. The molecule has 0 aliphatic carbocycles. The molecule has 0 bridgehead atoms. The molecule has 0 spiro atoms. The predicted octanol–water partition coefficient (Wildman–Crippen LogP) is -0.531. The molecule has 0 aromatic rings. The zero-order chi connectivity index (χ0) is 15.2. The van der Waals surface area contributed by atoms with E-state index in [9.17, 15) is 14.4 Å². The molecule has 0 aliphatic heterocycles. The van der Waals surface area contributed by atoms with Crippen molar-refractivity contribution in [2.24, 2.45) is 0 Å². The molecule has 7 heteroatoms. The Labute approximate surface area is 113 Å². The minimum Gasteiger partial charge on any atom is -0.480 e. The molecule has 4 N–H and O–H groups in total.